The average Bonchev–Trinajstić information content (AvgIpc) is 2.80. The van der Waals surface area contributed by atoms with Crippen molar-refractivity contribution in [1.29, 1.82) is 0 Å². The van der Waals surface area contributed by atoms with E-state index in [1.54, 1.807) is 0 Å². The number of hydrogen-bond acceptors (Lipinski definition) is 2. The first kappa shape index (κ1) is 11.5. The minimum atomic E-state index is 0.948. The zero-order chi connectivity index (χ0) is 12.4. The standard InChI is InChI=1S/C15H19N3/c1-2-10-18-14-8-9-16-11-13(14)15(17-18)12-6-4-3-5-7-12/h3-7,16H,2,8-11H2,1H3. The number of nitrogens with one attached hydrogen (secondary N) is 1. The zero-order valence-corrected chi connectivity index (χ0v) is 10.8. The van der Waals surface area contributed by atoms with Gasteiger partial charge in [0.05, 0.1) is 5.69 Å². The molecule has 0 atom stereocenters. The molecular formula is C15H19N3. The van der Waals surface area contributed by atoms with Gasteiger partial charge in [-0.05, 0) is 6.42 Å². The molecule has 0 radical (unpaired) electrons. The van der Waals surface area contributed by atoms with Crippen molar-refractivity contribution in [1.82, 2.24) is 15.1 Å². The van der Waals surface area contributed by atoms with E-state index in [4.69, 9.17) is 5.10 Å². The number of benzene rings is 1. The van der Waals surface area contributed by atoms with Gasteiger partial charge in [-0.15, -0.1) is 0 Å². The third kappa shape index (κ3) is 1.95. The molecule has 0 aliphatic carbocycles. The smallest absolute Gasteiger partial charge is 0.0971 e. The van der Waals surface area contributed by atoms with Crippen LogP contribution in [-0.2, 0) is 19.5 Å². The first-order valence-electron chi connectivity index (χ1n) is 6.75. The minimum absolute atomic E-state index is 0.948. The summed E-state index contributed by atoms with van der Waals surface area (Å²) in [6, 6.07) is 10.5. The predicted octanol–water partition coefficient (Wildman–Crippen LogP) is 2.61. The highest BCUT2D eigenvalue weighted by Gasteiger charge is 2.20. The van der Waals surface area contributed by atoms with Crippen molar-refractivity contribution in [3.05, 3.63) is 41.6 Å². The fourth-order valence-electron chi connectivity index (χ4n) is 2.64. The summed E-state index contributed by atoms with van der Waals surface area (Å²) >= 11 is 0. The second-order valence-corrected chi connectivity index (χ2v) is 4.79. The summed E-state index contributed by atoms with van der Waals surface area (Å²) < 4.78 is 2.21. The molecule has 1 aromatic heterocycles. The van der Waals surface area contributed by atoms with Crippen molar-refractivity contribution in [2.75, 3.05) is 6.54 Å². The SMILES string of the molecule is CCCn1nc(-c2ccccc2)c2c1CCNC2. The maximum absolute atomic E-state index is 4.83. The van der Waals surface area contributed by atoms with Crippen LogP contribution in [0.2, 0.25) is 0 Å². The van der Waals surface area contributed by atoms with E-state index in [9.17, 15) is 0 Å². The summed E-state index contributed by atoms with van der Waals surface area (Å²) in [4.78, 5) is 0. The molecule has 0 unspecified atom stereocenters. The van der Waals surface area contributed by atoms with Crippen LogP contribution >= 0.6 is 0 Å². The fourth-order valence-corrected chi connectivity index (χ4v) is 2.64. The molecule has 94 valence electrons. The first-order valence-corrected chi connectivity index (χ1v) is 6.75. The Morgan fingerprint density at radius 3 is 2.89 bits per heavy atom. The van der Waals surface area contributed by atoms with E-state index in [0.717, 1.165) is 38.2 Å². The Kier molecular flexibility index (Phi) is 3.15. The van der Waals surface area contributed by atoms with Crippen molar-refractivity contribution in [2.45, 2.75) is 32.9 Å². The maximum atomic E-state index is 4.83. The van der Waals surface area contributed by atoms with Gasteiger partial charge in [0, 0.05) is 42.9 Å². The normalized spacial score (nSPS) is 14.5. The van der Waals surface area contributed by atoms with Gasteiger partial charge in [0.1, 0.15) is 0 Å². The molecule has 1 aliphatic rings. The zero-order valence-electron chi connectivity index (χ0n) is 10.8. The van der Waals surface area contributed by atoms with Gasteiger partial charge in [0.15, 0.2) is 0 Å². The van der Waals surface area contributed by atoms with Crippen molar-refractivity contribution in [3.63, 3.8) is 0 Å². The molecule has 2 heterocycles. The Hall–Kier alpha value is -1.61. The van der Waals surface area contributed by atoms with E-state index in [1.165, 1.54) is 16.8 Å². The van der Waals surface area contributed by atoms with Gasteiger partial charge in [-0.1, -0.05) is 37.3 Å². The highest BCUT2D eigenvalue weighted by Crippen LogP contribution is 2.27. The molecular weight excluding hydrogens is 222 g/mol. The fraction of sp³-hybridized carbons (Fsp3) is 0.400. The molecule has 0 spiro atoms. The lowest BCUT2D eigenvalue weighted by molar-refractivity contribution is 0.545. The Labute approximate surface area is 108 Å². The quantitative estimate of drug-likeness (QED) is 0.895. The predicted molar refractivity (Wildman–Crippen MR) is 73.4 cm³/mol. The summed E-state index contributed by atoms with van der Waals surface area (Å²) in [6.07, 6.45) is 2.23. The second-order valence-electron chi connectivity index (χ2n) is 4.79. The van der Waals surface area contributed by atoms with Crippen LogP contribution in [0.15, 0.2) is 30.3 Å². The molecule has 3 nitrogen and oxygen atoms in total. The Bertz CT molecular complexity index is 528. The molecule has 3 heteroatoms. The number of aryl methyl sites for hydroxylation is 1. The third-order valence-electron chi connectivity index (χ3n) is 3.49. The van der Waals surface area contributed by atoms with Gasteiger partial charge in [0.2, 0.25) is 0 Å². The van der Waals surface area contributed by atoms with Crippen LogP contribution in [0.4, 0.5) is 0 Å². The maximum Gasteiger partial charge on any atom is 0.0971 e. The van der Waals surface area contributed by atoms with Gasteiger partial charge in [-0.25, -0.2) is 0 Å². The van der Waals surface area contributed by atoms with Crippen LogP contribution in [0, 0.1) is 0 Å². The number of aromatic nitrogens is 2. The monoisotopic (exact) mass is 241 g/mol. The van der Waals surface area contributed by atoms with Gasteiger partial charge in [0.25, 0.3) is 0 Å². The molecule has 1 aromatic carbocycles. The molecule has 0 amide bonds. The lowest BCUT2D eigenvalue weighted by Gasteiger charge is -2.15. The van der Waals surface area contributed by atoms with Crippen LogP contribution < -0.4 is 5.32 Å². The first-order chi connectivity index (χ1) is 8.90. The molecule has 1 N–H and O–H groups in total. The summed E-state index contributed by atoms with van der Waals surface area (Å²) in [5.74, 6) is 0. The number of nitrogens with zero attached hydrogens (tertiary/aromatic N) is 2. The van der Waals surface area contributed by atoms with Crippen LogP contribution in [0.25, 0.3) is 11.3 Å². The molecule has 0 saturated heterocycles. The molecule has 0 bridgehead atoms. The van der Waals surface area contributed by atoms with Crippen LogP contribution in [0.3, 0.4) is 0 Å². The molecule has 3 rings (SSSR count). The van der Waals surface area contributed by atoms with Crippen LogP contribution in [0.5, 0.6) is 0 Å². The molecule has 1 aliphatic heterocycles. The molecule has 0 saturated carbocycles. The van der Waals surface area contributed by atoms with Gasteiger partial charge in [-0.2, -0.15) is 5.10 Å². The largest absolute Gasteiger partial charge is 0.312 e. The lowest BCUT2D eigenvalue weighted by atomic mass is 10.0. The topological polar surface area (TPSA) is 29.9 Å². The van der Waals surface area contributed by atoms with E-state index in [-0.39, 0.29) is 0 Å². The van der Waals surface area contributed by atoms with E-state index in [0.29, 0.717) is 0 Å². The van der Waals surface area contributed by atoms with Gasteiger partial charge < -0.3 is 5.32 Å². The highest BCUT2D eigenvalue weighted by molar-refractivity contribution is 5.64. The Morgan fingerprint density at radius 2 is 2.11 bits per heavy atom. The Morgan fingerprint density at radius 1 is 1.28 bits per heavy atom. The van der Waals surface area contributed by atoms with Crippen LogP contribution in [0.1, 0.15) is 24.6 Å². The van der Waals surface area contributed by atoms with E-state index in [1.807, 2.05) is 0 Å². The van der Waals surface area contributed by atoms with E-state index < -0.39 is 0 Å². The van der Waals surface area contributed by atoms with Crippen molar-refractivity contribution < 1.29 is 0 Å². The Balaban J connectivity index is 2.09. The summed E-state index contributed by atoms with van der Waals surface area (Å²) in [7, 11) is 0. The number of hydrogen-bond donors (Lipinski definition) is 1. The summed E-state index contributed by atoms with van der Waals surface area (Å²) in [5.41, 5.74) is 5.20. The van der Waals surface area contributed by atoms with E-state index >= 15 is 0 Å². The molecule has 2 aromatic rings. The second kappa shape index (κ2) is 4.94. The third-order valence-corrected chi connectivity index (χ3v) is 3.49. The van der Waals surface area contributed by atoms with Crippen molar-refractivity contribution >= 4 is 0 Å². The molecule has 0 fully saturated rings. The van der Waals surface area contributed by atoms with Crippen molar-refractivity contribution in [2.24, 2.45) is 0 Å². The lowest BCUT2D eigenvalue weighted by Crippen LogP contribution is -2.25. The highest BCUT2D eigenvalue weighted by atomic mass is 15.3. The minimum Gasteiger partial charge on any atom is -0.312 e. The summed E-state index contributed by atoms with van der Waals surface area (Å²) in [6.45, 7) is 5.24. The number of rotatable bonds is 3. The van der Waals surface area contributed by atoms with Gasteiger partial charge >= 0.3 is 0 Å². The van der Waals surface area contributed by atoms with Crippen LogP contribution in [-0.4, -0.2) is 16.3 Å². The van der Waals surface area contributed by atoms with Gasteiger partial charge in [-0.3, -0.25) is 4.68 Å². The van der Waals surface area contributed by atoms with Crippen molar-refractivity contribution in [3.8, 4) is 11.3 Å². The summed E-state index contributed by atoms with van der Waals surface area (Å²) in [5, 5.41) is 8.28. The van der Waals surface area contributed by atoms with E-state index in [2.05, 4.69) is 47.3 Å². The average molecular weight is 241 g/mol. The number of fused-ring (bicyclic) bond motifs is 1. The molecule has 18 heavy (non-hydrogen) atoms.